The SMILES string of the molecule is Cc1ccc2[nH]c(=O)c(=O)n3c2c1CN(C)C(=O)C3. The van der Waals surface area contributed by atoms with E-state index in [2.05, 4.69) is 4.98 Å². The van der Waals surface area contributed by atoms with Crippen LogP contribution in [0.5, 0.6) is 0 Å². The molecule has 1 N–H and O–H groups in total. The molecule has 1 aliphatic heterocycles. The molecule has 0 unspecified atom stereocenters. The predicted molar refractivity (Wildman–Crippen MR) is 70.0 cm³/mol. The number of hydrogen-bond donors (Lipinski definition) is 1. The lowest BCUT2D eigenvalue weighted by molar-refractivity contribution is -0.130. The molecule has 19 heavy (non-hydrogen) atoms. The van der Waals surface area contributed by atoms with Crippen LogP contribution in [0.1, 0.15) is 11.1 Å². The molecule has 0 fully saturated rings. The van der Waals surface area contributed by atoms with Crippen molar-refractivity contribution in [1.29, 1.82) is 0 Å². The number of nitrogens with one attached hydrogen (secondary N) is 1. The number of hydrogen-bond acceptors (Lipinski definition) is 3. The molecule has 2 heterocycles. The summed E-state index contributed by atoms with van der Waals surface area (Å²) in [6.07, 6.45) is 0. The zero-order valence-corrected chi connectivity index (χ0v) is 10.7. The van der Waals surface area contributed by atoms with E-state index >= 15 is 0 Å². The summed E-state index contributed by atoms with van der Waals surface area (Å²) in [4.78, 5) is 39.7. The van der Waals surface area contributed by atoms with Crippen LogP contribution in [0.3, 0.4) is 0 Å². The van der Waals surface area contributed by atoms with Gasteiger partial charge in [-0.3, -0.25) is 19.0 Å². The van der Waals surface area contributed by atoms with Crippen molar-refractivity contribution < 1.29 is 4.79 Å². The molecule has 3 rings (SSSR count). The number of likely N-dealkylation sites (N-methyl/N-ethyl adjacent to an activating group) is 1. The lowest BCUT2D eigenvalue weighted by Gasteiger charge is -2.15. The number of aryl methyl sites for hydroxylation is 1. The van der Waals surface area contributed by atoms with Gasteiger partial charge in [-0.25, -0.2) is 0 Å². The topological polar surface area (TPSA) is 75.2 Å². The van der Waals surface area contributed by atoms with E-state index in [1.807, 2.05) is 13.0 Å². The summed E-state index contributed by atoms with van der Waals surface area (Å²) in [6.45, 7) is 2.28. The van der Waals surface area contributed by atoms with Gasteiger partial charge in [-0.2, -0.15) is 0 Å². The third-order valence-electron chi connectivity index (χ3n) is 3.59. The number of rotatable bonds is 0. The Labute approximate surface area is 108 Å². The lowest BCUT2D eigenvalue weighted by atomic mass is 10.1. The minimum Gasteiger partial charge on any atom is -0.340 e. The van der Waals surface area contributed by atoms with Crippen molar-refractivity contribution in [2.45, 2.75) is 20.0 Å². The first-order valence-electron chi connectivity index (χ1n) is 5.98. The fraction of sp³-hybridized carbons (Fsp3) is 0.308. The van der Waals surface area contributed by atoms with Crippen molar-refractivity contribution >= 4 is 16.9 Å². The largest absolute Gasteiger partial charge is 0.340 e. The van der Waals surface area contributed by atoms with Gasteiger partial charge in [-0.05, 0) is 18.6 Å². The Hall–Kier alpha value is -2.37. The molecule has 2 aromatic rings. The first-order chi connectivity index (χ1) is 8.99. The molecule has 0 bridgehead atoms. The number of aromatic nitrogens is 2. The average molecular weight is 259 g/mol. The molecule has 1 aliphatic rings. The molecule has 0 saturated heterocycles. The molecular formula is C13H13N3O3. The molecule has 1 aromatic heterocycles. The molecule has 1 aromatic carbocycles. The maximum absolute atomic E-state index is 12.0. The highest BCUT2D eigenvalue weighted by atomic mass is 16.2. The standard InChI is InChI=1S/C13H13N3O3/c1-7-3-4-9-11-8(7)5-15(2)10(17)6-16(11)13(19)12(18)14-9/h3-4H,5-6H2,1-2H3,(H,14,18). The predicted octanol–water partition coefficient (Wildman–Crippen LogP) is -0.0298. The summed E-state index contributed by atoms with van der Waals surface area (Å²) in [7, 11) is 1.69. The van der Waals surface area contributed by atoms with E-state index in [1.54, 1.807) is 18.0 Å². The highest BCUT2D eigenvalue weighted by molar-refractivity contribution is 5.85. The van der Waals surface area contributed by atoms with Crippen LogP contribution in [-0.2, 0) is 17.9 Å². The maximum Gasteiger partial charge on any atom is 0.317 e. The smallest absolute Gasteiger partial charge is 0.317 e. The second-order valence-corrected chi connectivity index (χ2v) is 4.85. The van der Waals surface area contributed by atoms with Gasteiger partial charge in [0.2, 0.25) is 5.91 Å². The molecule has 0 spiro atoms. The molecule has 6 heteroatoms. The Morgan fingerprint density at radius 2 is 1.89 bits per heavy atom. The summed E-state index contributed by atoms with van der Waals surface area (Å²) in [5, 5.41) is 0. The van der Waals surface area contributed by atoms with Crippen LogP contribution in [0.2, 0.25) is 0 Å². The molecule has 0 saturated carbocycles. The molecule has 0 atom stereocenters. The normalized spacial score (nSPS) is 14.8. The van der Waals surface area contributed by atoms with Gasteiger partial charge in [-0.1, -0.05) is 6.07 Å². The molecule has 6 nitrogen and oxygen atoms in total. The third-order valence-corrected chi connectivity index (χ3v) is 3.59. The van der Waals surface area contributed by atoms with Crippen LogP contribution in [-0.4, -0.2) is 27.4 Å². The van der Waals surface area contributed by atoms with E-state index < -0.39 is 11.1 Å². The summed E-state index contributed by atoms with van der Waals surface area (Å²) in [6, 6.07) is 3.65. The summed E-state index contributed by atoms with van der Waals surface area (Å²) < 4.78 is 1.28. The van der Waals surface area contributed by atoms with Crippen LogP contribution >= 0.6 is 0 Å². The molecule has 0 aliphatic carbocycles. The Balaban J connectivity index is 2.54. The van der Waals surface area contributed by atoms with E-state index in [0.29, 0.717) is 17.6 Å². The quantitative estimate of drug-likeness (QED) is 0.675. The van der Waals surface area contributed by atoms with E-state index in [1.165, 1.54) is 4.57 Å². The van der Waals surface area contributed by atoms with Crippen molar-refractivity contribution in [3.05, 3.63) is 44.0 Å². The second-order valence-electron chi connectivity index (χ2n) is 4.85. The monoisotopic (exact) mass is 259 g/mol. The van der Waals surface area contributed by atoms with Gasteiger partial charge in [0.1, 0.15) is 6.54 Å². The number of carbonyl (C=O) groups excluding carboxylic acids is 1. The first-order valence-corrected chi connectivity index (χ1v) is 5.98. The van der Waals surface area contributed by atoms with Crippen molar-refractivity contribution in [1.82, 2.24) is 14.5 Å². The Morgan fingerprint density at radius 1 is 1.16 bits per heavy atom. The van der Waals surface area contributed by atoms with Gasteiger partial charge < -0.3 is 9.88 Å². The van der Waals surface area contributed by atoms with Crippen LogP contribution in [0, 0.1) is 6.92 Å². The third kappa shape index (κ3) is 1.60. The van der Waals surface area contributed by atoms with Gasteiger partial charge in [-0.15, -0.1) is 0 Å². The van der Waals surface area contributed by atoms with Gasteiger partial charge in [0.05, 0.1) is 11.0 Å². The van der Waals surface area contributed by atoms with Crippen molar-refractivity contribution in [3.8, 4) is 0 Å². The number of benzene rings is 1. The molecule has 98 valence electrons. The van der Waals surface area contributed by atoms with Gasteiger partial charge in [0, 0.05) is 19.2 Å². The summed E-state index contributed by atoms with van der Waals surface area (Å²) >= 11 is 0. The van der Waals surface area contributed by atoms with Crippen LogP contribution in [0.25, 0.3) is 11.0 Å². The van der Waals surface area contributed by atoms with E-state index in [9.17, 15) is 14.4 Å². The highest BCUT2D eigenvalue weighted by Gasteiger charge is 2.22. The highest BCUT2D eigenvalue weighted by Crippen LogP contribution is 2.22. The fourth-order valence-corrected chi connectivity index (χ4v) is 2.48. The summed E-state index contributed by atoms with van der Waals surface area (Å²) in [5.41, 5.74) is 1.77. The Morgan fingerprint density at radius 3 is 2.63 bits per heavy atom. The number of aromatic amines is 1. The lowest BCUT2D eigenvalue weighted by Crippen LogP contribution is -2.38. The second kappa shape index (κ2) is 3.81. The summed E-state index contributed by atoms with van der Waals surface area (Å²) in [5.74, 6) is -0.176. The number of nitrogens with zero attached hydrogens (tertiary/aromatic N) is 2. The molecular weight excluding hydrogens is 246 g/mol. The van der Waals surface area contributed by atoms with Gasteiger partial charge in [0.25, 0.3) is 0 Å². The van der Waals surface area contributed by atoms with Crippen LogP contribution < -0.4 is 11.1 Å². The number of amides is 1. The van der Waals surface area contributed by atoms with Gasteiger partial charge in [0.15, 0.2) is 0 Å². The average Bonchev–Trinajstić information content (AvgIpc) is 2.50. The van der Waals surface area contributed by atoms with E-state index in [0.717, 1.165) is 11.1 Å². The number of carbonyl (C=O) groups is 1. The molecule has 1 amide bonds. The molecule has 0 radical (unpaired) electrons. The number of H-pyrrole nitrogens is 1. The Kier molecular flexibility index (Phi) is 2.35. The van der Waals surface area contributed by atoms with E-state index in [4.69, 9.17) is 0 Å². The van der Waals surface area contributed by atoms with Gasteiger partial charge >= 0.3 is 11.1 Å². The van der Waals surface area contributed by atoms with Crippen molar-refractivity contribution in [3.63, 3.8) is 0 Å². The van der Waals surface area contributed by atoms with Crippen molar-refractivity contribution in [2.24, 2.45) is 0 Å². The zero-order valence-electron chi connectivity index (χ0n) is 10.7. The minimum absolute atomic E-state index is 0.0911. The minimum atomic E-state index is -0.695. The zero-order chi connectivity index (χ0) is 13.7. The van der Waals surface area contributed by atoms with Crippen molar-refractivity contribution in [2.75, 3.05) is 7.05 Å². The van der Waals surface area contributed by atoms with Crippen LogP contribution in [0.4, 0.5) is 0 Å². The van der Waals surface area contributed by atoms with Crippen LogP contribution in [0.15, 0.2) is 21.7 Å². The Bertz CT molecular complexity index is 816. The van der Waals surface area contributed by atoms with E-state index in [-0.39, 0.29) is 12.5 Å². The first kappa shape index (κ1) is 11.7. The maximum atomic E-state index is 12.0. The fourth-order valence-electron chi connectivity index (χ4n) is 2.48.